The zero-order chi connectivity index (χ0) is 15.5. The maximum atomic E-state index is 12.9. The SMILES string of the molecule is COc1ccc(C)cc1NCc1ccccc1C(F)(F)F. The first-order chi connectivity index (χ1) is 9.91. The van der Waals surface area contributed by atoms with Gasteiger partial charge in [-0.2, -0.15) is 13.2 Å². The number of methoxy groups -OCH3 is 1. The predicted molar refractivity (Wildman–Crippen MR) is 76.5 cm³/mol. The monoisotopic (exact) mass is 295 g/mol. The number of hydrogen-bond acceptors (Lipinski definition) is 2. The molecule has 0 aliphatic rings. The van der Waals surface area contributed by atoms with Crippen LogP contribution in [0, 0.1) is 6.92 Å². The van der Waals surface area contributed by atoms with Crippen LogP contribution in [0.4, 0.5) is 18.9 Å². The average Bonchev–Trinajstić information content (AvgIpc) is 2.44. The first-order valence-electron chi connectivity index (χ1n) is 6.45. The molecule has 2 rings (SSSR count). The molecule has 0 fully saturated rings. The Morgan fingerprint density at radius 1 is 1.10 bits per heavy atom. The number of rotatable bonds is 4. The van der Waals surface area contributed by atoms with E-state index in [4.69, 9.17) is 4.74 Å². The molecular formula is C16H16F3NO. The minimum absolute atomic E-state index is 0.0789. The molecule has 0 aliphatic carbocycles. The lowest BCUT2D eigenvalue weighted by molar-refractivity contribution is -0.138. The van der Waals surface area contributed by atoms with E-state index in [2.05, 4.69) is 5.32 Å². The van der Waals surface area contributed by atoms with Gasteiger partial charge in [0.25, 0.3) is 0 Å². The summed E-state index contributed by atoms with van der Waals surface area (Å²) in [5, 5.41) is 3.01. The largest absolute Gasteiger partial charge is 0.495 e. The van der Waals surface area contributed by atoms with Crippen LogP contribution in [0.25, 0.3) is 0 Å². The number of anilines is 1. The number of ether oxygens (including phenoxy) is 1. The molecule has 0 bridgehead atoms. The fourth-order valence-corrected chi connectivity index (χ4v) is 2.10. The van der Waals surface area contributed by atoms with Crippen LogP contribution in [-0.4, -0.2) is 7.11 Å². The number of benzene rings is 2. The lowest BCUT2D eigenvalue weighted by Crippen LogP contribution is -2.12. The molecule has 0 atom stereocenters. The summed E-state index contributed by atoms with van der Waals surface area (Å²) >= 11 is 0. The summed E-state index contributed by atoms with van der Waals surface area (Å²) in [6, 6.07) is 11.1. The van der Waals surface area contributed by atoms with Crippen molar-refractivity contribution in [2.45, 2.75) is 19.6 Å². The molecular weight excluding hydrogens is 279 g/mol. The fraction of sp³-hybridized carbons (Fsp3) is 0.250. The molecule has 0 aliphatic heterocycles. The molecule has 2 nitrogen and oxygen atoms in total. The van der Waals surface area contributed by atoms with E-state index in [9.17, 15) is 13.2 Å². The second kappa shape index (κ2) is 6.08. The predicted octanol–water partition coefficient (Wildman–Crippen LogP) is 4.63. The maximum Gasteiger partial charge on any atom is 0.416 e. The van der Waals surface area contributed by atoms with Gasteiger partial charge in [-0.3, -0.25) is 0 Å². The van der Waals surface area contributed by atoms with Crippen LogP contribution in [-0.2, 0) is 12.7 Å². The molecule has 0 heterocycles. The van der Waals surface area contributed by atoms with Gasteiger partial charge in [-0.25, -0.2) is 0 Å². The highest BCUT2D eigenvalue weighted by Crippen LogP contribution is 2.33. The third-order valence-corrected chi connectivity index (χ3v) is 3.15. The van der Waals surface area contributed by atoms with Crippen LogP contribution in [0.2, 0.25) is 0 Å². The lowest BCUT2D eigenvalue weighted by atomic mass is 10.1. The van der Waals surface area contributed by atoms with Crippen LogP contribution in [0.15, 0.2) is 42.5 Å². The van der Waals surface area contributed by atoms with Gasteiger partial charge in [-0.15, -0.1) is 0 Å². The van der Waals surface area contributed by atoms with Gasteiger partial charge in [0.05, 0.1) is 18.4 Å². The van der Waals surface area contributed by atoms with Gasteiger partial charge in [-0.05, 0) is 36.2 Å². The van der Waals surface area contributed by atoms with Gasteiger partial charge in [-0.1, -0.05) is 24.3 Å². The zero-order valence-corrected chi connectivity index (χ0v) is 11.8. The van der Waals surface area contributed by atoms with E-state index in [0.717, 1.165) is 11.6 Å². The highest BCUT2D eigenvalue weighted by Gasteiger charge is 2.32. The van der Waals surface area contributed by atoms with Crippen molar-refractivity contribution in [2.24, 2.45) is 0 Å². The minimum Gasteiger partial charge on any atom is -0.495 e. The van der Waals surface area contributed by atoms with Crippen LogP contribution in [0.3, 0.4) is 0 Å². The van der Waals surface area contributed by atoms with Crippen LogP contribution < -0.4 is 10.1 Å². The number of alkyl halides is 3. The van der Waals surface area contributed by atoms with Gasteiger partial charge in [0.15, 0.2) is 0 Å². The molecule has 0 radical (unpaired) electrons. The van der Waals surface area contributed by atoms with Crippen molar-refractivity contribution in [3.8, 4) is 5.75 Å². The molecule has 0 unspecified atom stereocenters. The highest BCUT2D eigenvalue weighted by molar-refractivity contribution is 5.58. The molecule has 0 saturated heterocycles. The smallest absolute Gasteiger partial charge is 0.416 e. The summed E-state index contributed by atoms with van der Waals surface area (Å²) in [4.78, 5) is 0. The Bertz CT molecular complexity index is 623. The van der Waals surface area contributed by atoms with Crippen LogP contribution in [0.1, 0.15) is 16.7 Å². The molecule has 5 heteroatoms. The third-order valence-electron chi connectivity index (χ3n) is 3.15. The van der Waals surface area contributed by atoms with E-state index in [0.29, 0.717) is 11.4 Å². The quantitative estimate of drug-likeness (QED) is 0.887. The number of hydrogen-bond donors (Lipinski definition) is 1. The van der Waals surface area contributed by atoms with Crippen molar-refractivity contribution in [1.82, 2.24) is 0 Å². The Labute approximate surface area is 121 Å². The summed E-state index contributed by atoms with van der Waals surface area (Å²) in [6.45, 7) is 1.99. The highest BCUT2D eigenvalue weighted by atomic mass is 19.4. The fourth-order valence-electron chi connectivity index (χ4n) is 2.10. The van der Waals surface area contributed by atoms with Crippen molar-refractivity contribution in [1.29, 1.82) is 0 Å². The summed E-state index contributed by atoms with van der Waals surface area (Å²) < 4.78 is 44.0. The van der Waals surface area contributed by atoms with E-state index in [-0.39, 0.29) is 12.1 Å². The van der Waals surface area contributed by atoms with Gasteiger partial charge >= 0.3 is 6.18 Å². The number of aryl methyl sites for hydroxylation is 1. The van der Waals surface area contributed by atoms with E-state index in [1.807, 2.05) is 19.1 Å². The standard InChI is InChI=1S/C16H16F3NO/c1-11-7-8-15(21-2)14(9-11)20-10-12-5-3-4-6-13(12)16(17,18)19/h3-9,20H,10H2,1-2H3. The van der Waals surface area contributed by atoms with E-state index in [1.54, 1.807) is 12.1 Å². The van der Waals surface area contributed by atoms with Crippen molar-refractivity contribution in [2.75, 3.05) is 12.4 Å². The second-order valence-electron chi connectivity index (χ2n) is 4.71. The zero-order valence-electron chi connectivity index (χ0n) is 11.8. The van der Waals surface area contributed by atoms with Crippen LogP contribution >= 0.6 is 0 Å². The number of halogens is 3. The molecule has 2 aromatic carbocycles. The van der Waals surface area contributed by atoms with Crippen molar-refractivity contribution >= 4 is 5.69 Å². The average molecular weight is 295 g/mol. The Morgan fingerprint density at radius 2 is 1.81 bits per heavy atom. The summed E-state index contributed by atoms with van der Waals surface area (Å²) in [7, 11) is 1.53. The van der Waals surface area contributed by atoms with Crippen molar-refractivity contribution < 1.29 is 17.9 Å². The van der Waals surface area contributed by atoms with Crippen molar-refractivity contribution in [3.05, 3.63) is 59.2 Å². The molecule has 0 saturated carbocycles. The third kappa shape index (κ3) is 3.68. The Kier molecular flexibility index (Phi) is 4.40. The van der Waals surface area contributed by atoms with Gasteiger partial charge < -0.3 is 10.1 Å². The van der Waals surface area contributed by atoms with Gasteiger partial charge in [0, 0.05) is 6.54 Å². The second-order valence-corrected chi connectivity index (χ2v) is 4.71. The molecule has 0 aromatic heterocycles. The van der Waals surface area contributed by atoms with Gasteiger partial charge in [0.2, 0.25) is 0 Å². The summed E-state index contributed by atoms with van der Waals surface area (Å²) in [6.07, 6.45) is -4.35. The molecule has 2 aromatic rings. The van der Waals surface area contributed by atoms with Gasteiger partial charge in [0.1, 0.15) is 5.75 Å². The lowest BCUT2D eigenvalue weighted by Gasteiger charge is -2.15. The molecule has 21 heavy (non-hydrogen) atoms. The van der Waals surface area contributed by atoms with Crippen molar-refractivity contribution in [3.63, 3.8) is 0 Å². The summed E-state index contributed by atoms with van der Waals surface area (Å²) in [5.74, 6) is 0.602. The first kappa shape index (κ1) is 15.2. The van der Waals surface area contributed by atoms with E-state index >= 15 is 0 Å². The Morgan fingerprint density at radius 3 is 2.48 bits per heavy atom. The maximum absolute atomic E-state index is 12.9. The molecule has 112 valence electrons. The van der Waals surface area contributed by atoms with E-state index < -0.39 is 11.7 Å². The Hall–Kier alpha value is -2.17. The minimum atomic E-state index is -4.35. The molecule has 0 spiro atoms. The topological polar surface area (TPSA) is 21.3 Å². The van der Waals surface area contributed by atoms with E-state index in [1.165, 1.54) is 19.2 Å². The Balaban J connectivity index is 2.23. The summed E-state index contributed by atoms with van der Waals surface area (Å²) in [5.41, 5.74) is 1.26. The molecule has 1 N–H and O–H groups in total. The number of nitrogens with one attached hydrogen (secondary N) is 1. The molecule has 0 amide bonds. The van der Waals surface area contributed by atoms with Crippen LogP contribution in [0.5, 0.6) is 5.75 Å². The normalized spacial score (nSPS) is 11.3. The first-order valence-corrected chi connectivity index (χ1v) is 6.45.